The molecule has 3 rings (SSSR count). The number of imidazole rings is 1. The van der Waals surface area contributed by atoms with Gasteiger partial charge in [0.05, 0.1) is 16.6 Å². The molecule has 0 amide bonds. The molecule has 6 nitrogen and oxygen atoms in total. The van der Waals surface area contributed by atoms with Gasteiger partial charge in [0, 0.05) is 17.8 Å². The molecule has 94 valence electrons. The van der Waals surface area contributed by atoms with Gasteiger partial charge in [0.25, 0.3) is 0 Å². The highest BCUT2D eigenvalue weighted by molar-refractivity contribution is 5.92. The first-order valence-electron chi connectivity index (χ1n) is 5.52. The van der Waals surface area contributed by atoms with Crippen LogP contribution in [0.25, 0.3) is 22.4 Å². The first kappa shape index (κ1) is 11.2. The van der Waals surface area contributed by atoms with Gasteiger partial charge in [-0.2, -0.15) is 0 Å². The Kier molecular flexibility index (Phi) is 2.42. The number of H-pyrrole nitrogens is 1. The Labute approximate surface area is 107 Å². The quantitative estimate of drug-likeness (QED) is 0.650. The molecule has 19 heavy (non-hydrogen) atoms. The summed E-state index contributed by atoms with van der Waals surface area (Å²) in [5.41, 5.74) is 2.16. The second kappa shape index (κ2) is 4.09. The molecule has 2 aromatic heterocycles. The number of benzene rings is 1. The average molecular weight is 255 g/mol. The van der Waals surface area contributed by atoms with Crippen molar-refractivity contribution in [2.24, 2.45) is 0 Å². The van der Waals surface area contributed by atoms with E-state index in [-0.39, 0.29) is 11.4 Å². The number of pyridine rings is 1. The zero-order valence-corrected chi connectivity index (χ0v) is 9.66. The third kappa shape index (κ3) is 1.99. The largest absolute Gasteiger partial charge is 0.493 e. The van der Waals surface area contributed by atoms with Gasteiger partial charge < -0.3 is 15.2 Å². The van der Waals surface area contributed by atoms with Crippen LogP contribution in [0.1, 0.15) is 10.4 Å². The third-order valence-electron chi connectivity index (χ3n) is 2.75. The fourth-order valence-electron chi connectivity index (χ4n) is 1.84. The van der Waals surface area contributed by atoms with Gasteiger partial charge in [-0.05, 0) is 24.3 Å². The van der Waals surface area contributed by atoms with Crippen LogP contribution in [0.4, 0.5) is 0 Å². The number of carboxylic acid groups (broad SMARTS) is 1. The van der Waals surface area contributed by atoms with E-state index < -0.39 is 5.97 Å². The van der Waals surface area contributed by atoms with Gasteiger partial charge in [0.15, 0.2) is 0 Å². The van der Waals surface area contributed by atoms with E-state index in [0.717, 1.165) is 5.52 Å². The van der Waals surface area contributed by atoms with Crippen molar-refractivity contribution in [3.8, 4) is 17.3 Å². The number of nitrogens with one attached hydrogen (secondary N) is 1. The minimum absolute atomic E-state index is 0.0934. The lowest BCUT2D eigenvalue weighted by molar-refractivity contribution is 0.0697. The molecule has 0 saturated carbocycles. The molecule has 3 aromatic rings. The van der Waals surface area contributed by atoms with Crippen LogP contribution in [0, 0.1) is 0 Å². The van der Waals surface area contributed by atoms with E-state index >= 15 is 0 Å². The monoisotopic (exact) mass is 255 g/mol. The van der Waals surface area contributed by atoms with Crippen molar-refractivity contribution in [3.63, 3.8) is 0 Å². The predicted molar refractivity (Wildman–Crippen MR) is 67.9 cm³/mol. The van der Waals surface area contributed by atoms with E-state index in [9.17, 15) is 9.90 Å². The predicted octanol–water partition coefficient (Wildman–Crippen LogP) is 2.03. The maximum Gasteiger partial charge on any atom is 0.335 e. The standard InChI is InChI=1S/C13H9N3O3/c17-11-6-7(3-4-14-11)12-15-9-2-1-8(13(18)19)5-10(9)16-12/h1-6H,(H,14,17)(H,15,16)(H,18,19). The van der Waals surface area contributed by atoms with Crippen LogP contribution in [-0.4, -0.2) is 31.1 Å². The molecule has 1 aromatic carbocycles. The molecule has 0 aliphatic carbocycles. The van der Waals surface area contributed by atoms with Crippen LogP contribution in [-0.2, 0) is 0 Å². The fourth-order valence-corrected chi connectivity index (χ4v) is 1.84. The highest BCUT2D eigenvalue weighted by atomic mass is 16.4. The summed E-state index contributed by atoms with van der Waals surface area (Å²) in [6, 6.07) is 7.86. The molecular weight excluding hydrogens is 246 g/mol. The molecule has 0 atom stereocenters. The Bertz CT molecular complexity index is 780. The van der Waals surface area contributed by atoms with Gasteiger partial charge in [-0.3, -0.25) is 0 Å². The van der Waals surface area contributed by atoms with Gasteiger partial charge in [-0.1, -0.05) is 0 Å². The number of carbonyl (C=O) groups is 1. The Morgan fingerprint density at radius 1 is 1.21 bits per heavy atom. The van der Waals surface area contributed by atoms with Crippen molar-refractivity contribution in [1.82, 2.24) is 15.0 Å². The van der Waals surface area contributed by atoms with Gasteiger partial charge >= 0.3 is 5.97 Å². The summed E-state index contributed by atoms with van der Waals surface area (Å²) in [7, 11) is 0. The molecular formula is C13H9N3O3. The Morgan fingerprint density at radius 2 is 2.05 bits per heavy atom. The molecule has 0 bridgehead atoms. The molecule has 0 aliphatic heterocycles. The zero-order chi connectivity index (χ0) is 13.4. The van der Waals surface area contributed by atoms with Crippen LogP contribution >= 0.6 is 0 Å². The van der Waals surface area contributed by atoms with Crippen LogP contribution < -0.4 is 0 Å². The van der Waals surface area contributed by atoms with Crippen molar-refractivity contribution in [1.29, 1.82) is 0 Å². The molecule has 3 N–H and O–H groups in total. The van der Waals surface area contributed by atoms with Crippen molar-refractivity contribution in [3.05, 3.63) is 42.1 Å². The summed E-state index contributed by atoms with van der Waals surface area (Å²) in [5.74, 6) is -0.535. The summed E-state index contributed by atoms with van der Waals surface area (Å²) < 4.78 is 0. The van der Waals surface area contributed by atoms with E-state index in [1.165, 1.54) is 24.4 Å². The Morgan fingerprint density at radius 3 is 2.79 bits per heavy atom. The van der Waals surface area contributed by atoms with Gasteiger partial charge in [0.1, 0.15) is 5.82 Å². The van der Waals surface area contributed by atoms with E-state index in [2.05, 4.69) is 15.0 Å². The summed E-state index contributed by atoms with van der Waals surface area (Å²) >= 11 is 0. The summed E-state index contributed by atoms with van der Waals surface area (Å²) in [6.45, 7) is 0. The number of rotatable bonds is 2. The van der Waals surface area contributed by atoms with Crippen LogP contribution in [0.5, 0.6) is 5.88 Å². The number of hydrogen-bond donors (Lipinski definition) is 3. The summed E-state index contributed by atoms with van der Waals surface area (Å²) in [6.07, 6.45) is 1.47. The first-order valence-corrected chi connectivity index (χ1v) is 5.52. The molecule has 0 unspecified atom stereocenters. The van der Waals surface area contributed by atoms with Crippen molar-refractivity contribution >= 4 is 17.0 Å². The molecule has 0 fully saturated rings. The van der Waals surface area contributed by atoms with Gasteiger partial charge in [0.2, 0.25) is 5.88 Å². The lowest BCUT2D eigenvalue weighted by atomic mass is 10.2. The summed E-state index contributed by atoms with van der Waals surface area (Å²) in [5, 5.41) is 18.3. The van der Waals surface area contributed by atoms with Crippen LogP contribution in [0.15, 0.2) is 36.5 Å². The van der Waals surface area contributed by atoms with E-state index in [1.807, 2.05) is 0 Å². The highest BCUT2D eigenvalue weighted by Gasteiger charge is 2.09. The number of aromatic amines is 1. The molecule has 6 heteroatoms. The van der Waals surface area contributed by atoms with E-state index in [1.54, 1.807) is 12.1 Å². The fraction of sp³-hybridized carbons (Fsp3) is 0. The molecule has 0 saturated heterocycles. The SMILES string of the molecule is O=C(O)c1ccc2[nH]c(-c3ccnc(O)c3)nc2c1. The molecule has 0 spiro atoms. The maximum atomic E-state index is 10.9. The minimum Gasteiger partial charge on any atom is -0.493 e. The minimum atomic E-state index is -0.993. The lowest BCUT2D eigenvalue weighted by Crippen LogP contribution is -1.94. The van der Waals surface area contributed by atoms with Crippen molar-refractivity contribution in [2.45, 2.75) is 0 Å². The third-order valence-corrected chi connectivity index (χ3v) is 2.75. The Balaban J connectivity index is 2.14. The van der Waals surface area contributed by atoms with Crippen molar-refractivity contribution < 1.29 is 15.0 Å². The Hall–Kier alpha value is -2.89. The van der Waals surface area contributed by atoms with E-state index in [4.69, 9.17) is 5.11 Å². The van der Waals surface area contributed by atoms with Crippen LogP contribution in [0.3, 0.4) is 0 Å². The molecule has 0 aliphatic rings. The van der Waals surface area contributed by atoms with E-state index in [0.29, 0.717) is 16.9 Å². The second-order valence-electron chi connectivity index (χ2n) is 4.03. The van der Waals surface area contributed by atoms with Gasteiger partial charge in [-0.15, -0.1) is 0 Å². The smallest absolute Gasteiger partial charge is 0.335 e. The normalized spacial score (nSPS) is 10.7. The number of hydrogen-bond acceptors (Lipinski definition) is 4. The number of nitrogens with zero attached hydrogens (tertiary/aromatic N) is 2. The van der Waals surface area contributed by atoms with Crippen molar-refractivity contribution in [2.75, 3.05) is 0 Å². The lowest BCUT2D eigenvalue weighted by Gasteiger charge is -1.95. The van der Waals surface area contributed by atoms with Gasteiger partial charge in [-0.25, -0.2) is 14.8 Å². The number of aromatic carboxylic acids is 1. The number of fused-ring (bicyclic) bond motifs is 1. The molecule has 0 radical (unpaired) electrons. The number of carboxylic acids is 1. The molecule has 2 heterocycles. The first-order chi connectivity index (χ1) is 9.13. The summed E-state index contributed by atoms with van der Waals surface area (Å²) in [4.78, 5) is 22.0. The van der Waals surface area contributed by atoms with Crippen LogP contribution in [0.2, 0.25) is 0 Å². The zero-order valence-electron chi connectivity index (χ0n) is 9.66. The average Bonchev–Trinajstić information content (AvgIpc) is 2.81. The maximum absolute atomic E-state index is 10.9. The number of aromatic nitrogens is 3. The second-order valence-corrected chi connectivity index (χ2v) is 4.03. The topological polar surface area (TPSA) is 99.1 Å². The number of aromatic hydroxyl groups is 1. The highest BCUT2D eigenvalue weighted by Crippen LogP contribution is 2.22.